The lowest BCUT2D eigenvalue weighted by Gasteiger charge is -2.44. The van der Waals surface area contributed by atoms with Crippen LogP contribution in [0.1, 0.15) is 12.8 Å². The van der Waals surface area contributed by atoms with E-state index in [4.69, 9.17) is 4.74 Å². The van der Waals surface area contributed by atoms with Crippen LogP contribution in [0.4, 0.5) is 0 Å². The average Bonchev–Trinajstić information content (AvgIpc) is 2.57. The predicted molar refractivity (Wildman–Crippen MR) is 83.3 cm³/mol. The lowest BCUT2D eigenvalue weighted by molar-refractivity contribution is -0.00791. The third-order valence-electron chi connectivity index (χ3n) is 4.69. The molecule has 0 N–H and O–H groups in total. The smallest absolute Gasteiger partial charge is 0.138 e. The van der Waals surface area contributed by atoms with E-state index in [2.05, 4.69) is 22.0 Å². The van der Waals surface area contributed by atoms with E-state index >= 15 is 0 Å². The minimum atomic E-state index is 0.344. The highest BCUT2D eigenvalue weighted by molar-refractivity contribution is 5.59. The van der Waals surface area contributed by atoms with Crippen LogP contribution in [0.2, 0.25) is 0 Å². The first kappa shape index (κ1) is 12.8. The van der Waals surface area contributed by atoms with E-state index in [1.54, 1.807) is 0 Å². The molecule has 2 aromatic rings. The van der Waals surface area contributed by atoms with Gasteiger partial charge in [0.1, 0.15) is 11.9 Å². The fraction of sp³-hybridized carbons (Fsp3) is 0.389. The number of hydrogen-bond acceptors (Lipinski definition) is 3. The Morgan fingerprint density at radius 2 is 1.81 bits per heavy atom. The van der Waals surface area contributed by atoms with Crippen LogP contribution in [-0.2, 0) is 0 Å². The van der Waals surface area contributed by atoms with Crippen molar-refractivity contribution in [1.29, 1.82) is 0 Å². The zero-order valence-electron chi connectivity index (χ0n) is 12.1. The number of rotatable bonds is 3. The van der Waals surface area contributed by atoms with Crippen molar-refractivity contribution in [1.82, 2.24) is 9.88 Å². The van der Waals surface area contributed by atoms with Gasteiger partial charge in [-0.05, 0) is 44.0 Å². The average molecular weight is 280 g/mol. The topological polar surface area (TPSA) is 25.4 Å². The van der Waals surface area contributed by atoms with E-state index in [-0.39, 0.29) is 0 Å². The molecular formula is C18H20N2O. The van der Waals surface area contributed by atoms with Crippen molar-refractivity contribution in [2.24, 2.45) is 5.92 Å². The van der Waals surface area contributed by atoms with Gasteiger partial charge in [0.2, 0.25) is 0 Å². The SMILES string of the molecule is c1ccc(-c2ccc(O[C@@H]3CN4CCC3CC4)cn2)cc1. The third kappa shape index (κ3) is 2.66. The molecular weight excluding hydrogens is 260 g/mol. The Kier molecular flexibility index (Phi) is 3.36. The largest absolute Gasteiger partial charge is 0.487 e. The van der Waals surface area contributed by atoms with Gasteiger partial charge in [-0.2, -0.15) is 0 Å². The van der Waals surface area contributed by atoms with Gasteiger partial charge < -0.3 is 4.74 Å². The Morgan fingerprint density at radius 1 is 1.00 bits per heavy atom. The van der Waals surface area contributed by atoms with Crippen LogP contribution >= 0.6 is 0 Å². The standard InChI is InChI=1S/C18H20N2O/c1-2-4-14(5-3-1)17-7-6-16(12-19-17)21-18-13-20-10-8-15(18)9-11-20/h1-7,12,15,18H,8-11,13H2/t18-/m1/s1. The highest BCUT2D eigenvalue weighted by Crippen LogP contribution is 2.30. The predicted octanol–water partition coefficient (Wildman–Crippen LogP) is 3.22. The van der Waals surface area contributed by atoms with Gasteiger partial charge in [-0.15, -0.1) is 0 Å². The summed E-state index contributed by atoms with van der Waals surface area (Å²) in [5.41, 5.74) is 2.14. The molecule has 3 saturated heterocycles. The molecule has 1 aromatic carbocycles. The van der Waals surface area contributed by atoms with Crippen LogP contribution in [0.3, 0.4) is 0 Å². The van der Waals surface area contributed by atoms with Crippen LogP contribution in [0.25, 0.3) is 11.3 Å². The molecule has 0 radical (unpaired) electrons. The normalized spacial score (nSPS) is 27.5. The summed E-state index contributed by atoms with van der Waals surface area (Å²) < 4.78 is 6.18. The Balaban J connectivity index is 1.47. The van der Waals surface area contributed by atoms with Gasteiger partial charge in [0.05, 0.1) is 11.9 Å². The molecule has 0 aliphatic carbocycles. The van der Waals surface area contributed by atoms with Crippen LogP contribution in [0.5, 0.6) is 5.75 Å². The van der Waals surface area contributed by atoms with Crippen molar-refractivity contribution in [3.63, 3.8) is 0 Å². The molecule has 2 bridgehead atoms. The molecule has 0 amide bonds. The highest BCUT2D eigenvalue weighted by atomic mass is 16.5. The van der Waals surface area contributed by atoms with E-state index in [1.807, 2.05) is 36.5 Å². The van der Waals surface area contributed by atoms with Gasteiger partial charge in [0.25, 0.3) is 0 Å². The summed E-state index contributed by atoms with van der Waals surface area (Å²) in [7, 11) is 0. The van der Waals surface area contributed by atoms with E-state index in [0.717, 1.165) is 29.5 Å². The van der Waals surface area contributed by atoms with Gasteiger partial charge in [-0.25, -0.2) is 0 Å². The van der Waals surface area contributed by atoms with Crippen molar-refractivity contribution >= 4 is 0 Å². The summed E-state index contributed by atoms with van der Waals surface area (Å²) in [4.78, 5) is 7.05. The molecule has 0 saturated carbocycles. The summed E-state index contributed by atoms with van der Waals surface area (Å²) in [5, 5.41) is 0. The molecule has 5 rings (SSSR count). The first-order chi connectivity index (χ1) is 10.4. The summed E-state index contributed by atoms with van der Waals surface area (Å²) in [6, 6.07) is 14.4. The summed E-state index contributed by atoms with van der Waals surface area (Å²) in [5.74, 6) is 1.62. The second-order valence-corrected chi connectivity index (χ2v) is 6.04. The summed E-state index contributed by atoms with van der Waals surface area (Å²) >= 11 is 0. The Hall–Kier alpha value is -1.87. The van der Waals surface area contributed by atoms with Gasteiger partial charge in [0, 0.05) is 12.1 Å². The minimum absolute atomic E-state index is 0.344. The second-order valence-electron chi connectivity index (χ2n) is 6.04. The molecule has 3 fully saturated rings. The van der Waals surface area contributed by atoms with Crippen LogP contribution in [0, 0.1) is 5.92 Å². The molecule has 3 aliphatic heterocycles. The van der Waals surface area contributed by atoms with Crippen molar-refractivity contribution in [2.75, 3.05) is 19.6 Å². The molecule has 21 heavy (non-hydrogen) atoms. The van der Waals surface area contributed by atoms with Crippen LogP contribution < -0.4 is 4.74 Å². The minimum Gasteiger partial charge on any atom is -0.487 e. The lowest BCUT2D eigenvalue weighted by atomic mass is 9.86. The monoisotopic (exact) mass is 280 g/mol. The van der Waals surface area contributed by atoms with Gasteiger partial charge in [-0.1, -0.05) is 30.3 Å². The lowest BCUT2D eigenvalue weighted by Crippen LogP contribution is -2.52. The van der Waals surface area contributed by atoms with E-state index in [1.165, 1.54) is 25.9 Å². The van der Waals surface area contributed by atoms with Crippen molar-refractivity contribution in [2.45, 2.75) is 18.9 Å². The Labute approximate surface area is 125 Å². The fourth-order valence-corrected chi connectivity index (χ4v) is 3.45. The van der Waals surface area contributed by atoms with Gasteiger partial charge in [0.15, 0.2) is 0 Å². The van der Waals surface area contributed by atoms with Crippen molar-refractivity contribution in [3.8, 4) is 17.0 Å². The Bertz CT molecular complexity index is 588. The van der Waals surface area contributed by atoms with Crippen molar-refractivity contribution < 1.29 is 4.74 Å². The maximum atomic E-state index is 6.18. The number of fused-ring (bicyclic) bond motifs is 3. The molecule has 3 aliphatic rings. The molecule has 0 spiro atoms. The molecule has 1 atom stereocenters. The maximum absolute atomic E-state index is 6.18. The highest BCUT2D eigenvalue weighted by Gasteiger charge is 2.35. The third-order valence-corrected chi connectivity index (χ3v) is 4.69. The number of benzene rings is 1. The number of nitrogens with zero attached hydrogens (tertiary/aromatic N) is 2. The number of pyridine rings is 1. The van der Waals surface area contributed by atoms with Gasteiger partial charge >= 0.3 is 0 Å². The van der Waals surface area contributed by atoms with Crippen molar-refractivity contribution in [3.05, 3.63) is 48.7 Å². The Morgan fingerprint density at radius 3 is 2.43 bits per heavy atom. The van der Waals surface area contributed by atoms with Crippen LogP contribution in [0.15, 0.2) is 48.7 Å². The maximum Gasteiger partial charge on any atom is 0.138 e. The summed E-state index contributed by atoms with van der Waals surface area (Å²) in [6.07, 6.45) is 4.76. The summed E-state index contributed by atoms with van der Waals surface area (Å²) in [6.45, 7) is 3.57. The number of ether oxygens (including phenoxy) is 1. The fourth-order valence-electron chi connectivity index (χ4n) is 3.45. The number of piperidine rings is 3. The van der Waals surface area contributed by atoms with Gasteiger partial charge in [-0.3, -0.25) is 9.88 Å². The first-order valence-corrected chi connectivity index (χ1v) is 7.79. The van der Waals surface area contributed by atoms with E-state index in [0.29, 0.717) is 6.10 Å². The molecule has 1 aromatic heterocycles. The zero-order valence-corrected chi connectivity index (χ0v) is 12.1. The van der Waals surface area contributed by atoms with Crippen LogP contribution in [-0.4, -0.2) is 35.6 Å². The quantitative estimate of drug-likeness (QED) is 0.863. The molecule has 4 heterocycles. The molecule has 3 nitrogen and oxygen atoms in total. The number of hydrogen-bond donors (Lipinski definition) is 0. The second kappa shape index (κ2) is 5.49. The molecule has 3 heteroatoms. The van der Waals surface area contributed by atoms with E-state index in [9.17, 15) is 0 Å². The van der Waals surface area contributed by atoms with E-state index < -0.39 is 0 Å². The molecule has 0 unspecified atom stereocenters. The zero-order chi connectivity index (χ0) is 14.1. The first-order valence-electron chi connectivity index (χ1n) is 7.79. The number of aromatic nitrogens is 1. The molecule has 108 valence electrons.